The lowest BCUT2D eigenvalue weighted by Gasteiger charge is -2.02. The molecule has 0 atom stereocenters. The summed E-state index contributed by atoms with van der Waals surface area (Å²) < 4.78 is 1.84. The Balaban J connectivity index is 1.86. The Morgan fingerprint density at radius 2 is 1.70 bits per heavy atom. The van der Waals surface area contributed by atoms with Crippen LogP contribution in [0.1, 0.15) is 16.7 Å². The van der Waals surface area contributed by atoms with Gasteiger partial charge in [0.25, 0.3) is 0 Å². The van der Waals surface area contributed by atoms with Crippen molar-refractivity contribution in [2.45, 2.75) is 20.8 Å². The van der Waals surface area contributed by atoms with Crippen LogP contribution in [-0.2, 0) is 0 Å². The molecule has 4 rings (SSSR count). The summed E-state index contributed by atoms with van der Waals surface area (Å²) >= 11 is 1.56. The Kier molecular flexibility index (Phi) is 3.23. The molecule has 2 heterocycles. The average molecular weight is 320 g/mol. The molecule has 0 saturated heterocycles. The van der Waals surface area contributed by atoms with Gasteiger partial charge in [0, 0.05) is 11.1 Å². The zero-order chi connectivity index (χ0) is 16.0. The zero-order valence-corrected chi connectivity index (χ0v) is 14.1. The maximum Gasteiger partial charge on any atom is 0.235 e. The molecule has 0 aliphatic carbocycles. The highest BCUT2D eigenvalue weighted by Gasteiger charge is 2.15. The van der Waals surface area contributed by atoms with Crippen LogP contribution in [0, 0.1) is 20.8 Å². The second-order valence-corrected chi connectivity index (χ2v) is 6.70. The molecule has 23 heavy (non-hydrogen) atoms. The van der Waals surface area contributed by atoms with E-state index >= 15 is 0 Å². The van der Waals surface area contributed by atoms with Gasteiger partial charge < -0.3 is 0 Å². The number of hydrogen-bond donors (Lipinski definition) is 0. The molecule has 0 saturated carbocycles. The molecule has 2 aromatic heterocycles. The summed E-state index contributed by atoms with van der Waals surface area (Å²) in [5.41, 5.74) is 5.92. The van der Waals surface area contributed by atoms with Crippen LogP contribution < -0.4 is 0 Å². The van der Waals surface area contributed by atoms with Crippen LogP contribution in [-0.4, -0.2) is 19.8 Å². The van der Waals surface area contributed by atoms with Crippen LogP contribution in [0.15, 0.2) is 42.5 Å². The van der Waals surface area contributed by atoms with Crippen LogP contribution in [0.4, 0.5) is 0 Å². The van der Waals surface area contributed by atoms with Crippen molar-refractivity contribution < 1.29 is 0 Å². The lowest BCUT2D eigenvalue weighted by Crippen LogP contribution is -1.93. The molecule has 0 radical (unpaired) electrons. The highest BCUT2D eigenvalue weighted by Crippen LogP contribution is 2.29. The fourth-order valence-electron chi connectivity index (χ4n) is 2.60. The van der Waals surface area contributed by atoms with Crippen LogP contribution in [0.3, 0.4) is 0 Å². The SMILES string of the molecule is Cc1ccc(-c2nn3c(-c4ccccc4C)nnc3s2)cc1C. The van der Waals surface area contributed by atoms with Crippen LogP contribution in [0.25, 0.3) is 26.9 Å². The molecular formula is C18H16N4S. The van der Waals surface area contributed by atoms with Gasteiger partial charge in [-0.2, -0.15) is 9.61 Å². The first-order chi connectivity index (χ1) is 11.1. The molecule has 0 spiro atoms. The van der Waals surface area contributed by atoms with Crippen molar-refractivity contribution in [3.05, 3.63) is 59.2 Å². The molecule has 0 bridgehead atoms. The van der Waals surface area contributed by atoms with E-state index in [1.165, 1.54) is 16.7 Å². The predicted octanol–water partition coefficient (Wildman–Crippen LogP) is 4.45. The van der Waals surface area contributed by atoms with Gasteiger partial charge in [-0.3, -0.25) is 0 Å². The van der Waals surface area contributed by atoms with Gasteiger partial charge in [-0.1, -0.05) is 47.7 Å². The second-order valence-electron chi connectivity index (χ2n) is 5.74. The molecule has 0 amide bonds. The minimum absolute atomic E-state index is 0.796. The van der Waals surface area contributed by atoms with Gasteiger partial charge in [-0.15, -0.1) is 10.2 Å². The molecule has 0 fully saturated rings. The number of benzene rings is 2. The van der Waals surface area contributed by atoms with Gasteiger partial charge in [0.2, 0.25) is 4.96 Å². The molecule has 0 aliphatic rings. The molecule has 4 nitrogen and oxygen atoms in total. The third-order valence-corrected chi connectivity index (χ3v) is 5.08. The van der Waals surface area contributed by atoms with Crippen LogP contribution >= 0.6 is 11.3 Å². The quantitative estimate of drug-likeness (QED) is 0.548. The smallest absolute Gasteiger partial charge is 0.182 e. The number of rotatable bonds is 2. The maximum absolute atomic E-state index is 4.74. The van der Waals surface area contributed by atoms with E-state index in [1.54, 1.807) is 11.3 Å². The summed E-state index contributed by atoms with van der Waals surface area (Å²) in [6, 6.07) is 14.6. The Labute approximate surface area is 138 Å². The number of aromatic nitrogens is 4. The van der Waals surface area contributed by atoms with Crippen LogP contribution in [0.2, 0.25) is 0 Å². The summed E-state index contributed by atoms with van der Waals surface area (Å²) in [4.78, 5) is 0.816. The van der Waals surface area contributed by atoms with Crippen molar-refractivity contribution in [2.75, 3.05) is 0 Å². The minimum Gasteiger partial charge on any atom is -0.182 e. The largest absolute Gasteiger partial charge is 0.235 e. The first-order valence-corrected chi connectivity index (χ1v) is 8.31. The van der Waals surface area contributed by atoms with E-state index in [1.807, 2.05) is 16.6 Å². The highest BCUT2D eigenvalue weighted by atomic mass is 32.1. The Morgan fingerprint density at radius 3 is 2.48 bits per heavy atom. The van der Waals surface area contributed by atoms with Crippen molar-refractivity contribution in [3.8, 4) is 22.0 Å². The summed E-state index contributed by atoms with van der Waals surface area (Å²) in [6.07, 6.45) is 0. The van der Waals surface area contributed by atoms with E-state index in [2.05, 4.69) is 61.3 Å². The van der Waals surface area contributed by atoms with E-state index in [-0.39, 0.29) is 0 Å². The lowest BCUT2D eigenvalue weighted by molar-refractivity contribution is 0.968. The van der Waals surface area contributed by atoms with Crippen molar-refractivity contribution in [3.63, 3.8) is 0 Å². The van der Waals surface area contributed by atoms with E-state index < -0.39 is 0 Å². The highest BCUT2D eigenvalue weighted by molar-refractivity contribution is 7.19. The second kappa shape index (κ2) is 5.28. The van der Waals surface area contributed by atoms with E-state index in [0.29, 0.717) is 0 Å². The third-order valence-electron chi connectivity index (χ3n) is 4.13. The maximum atomic E-state index is 4.74. The van der Waals surface area contributed by atoms with Gasteiger partial charge >= 0.3 is 0 Å². The lowest BCUT2D eigenvalue weighted by atomic mass is 10.1. The average Bonchev–Trinajstić information content (AvgIpc) is 3.11. The molecule has 2 aromatic carbocycles. The van der Waals surface area contributed by atoms with Gasteiger partial charge in [-0.05, 0) is 43.5 Å². The van der Waals surface area contributed by atoms with Gasteiger partial charge in [0.05, 0.1) is 0 Å². The summed E-state index contributed by atoms with van der Waals surface area (Å²) in [6.45, 7) is 6.32. The molecular weight excluding hydrogens is 304 g/mol. The Hall–Kier alpha value is -2.53. The monoisotopic (exact) mass is 320 g/mol. The van der Waals surface area contributed by atoms with Gasteiger partial charge in [-0.25, -0.2) is 0 Å². The van der Waals surface area contributed by atoms with Crippen molar-refractivity contribution in [1.82, 2.24) is 19.8 Å². The summed E-state index contributed by atoms with van der Waals surface area (Å²) in [7, 11) is 0. The van der Waals surface area contributed by atoms with Gasteiger partial charge in [0.15, 0.2) is 5.82 Å². The minimum atomic E-state index is 0.796. The molecule has 114 valence electrons. The van der Waals surface area contributed by atoms with E-state index in [9.17, 15) is 0 Å². The van der Waals surface area contributed by atoms with Crippen molar-refractivity contribution in [1.29, 1.82) is 0 Å². The molecule has 0 unspecified atom stereocenters. The Bertz CT molecular complexity index is 1010. The first kappa shape index (κ1) is 14.1. The molecule has 0 aliphatic heterocycles. The fourth-order valence-corrected chi connectivity index (χ4v) is 3.44. The number of aryl methyl sites for hydroxylation is 3. The molecule has 5 heteroatoms. The van der Waals surface area contributed by atoms with E-state index in [0.717, 1.165) is 26.9 Å². The first-order valence-electron chi connectivity index (χ1n) is 7.49. The van der Waals surface area contributed by atoms with Gasteiger partial charge in [0.1, 0.15) is 5.01 Å². The zero-order valence-electron chi connectivity index (χ0n) is 13.2. The molecule has 4 aromatic rings. The fraction of sp³-hybridized carbons (Fsp3) is 0.167. The van der Waals surface area contributed by atoms with Crippen molar-refractivity contribution >= 4 is 16.3 Å². The number of fused-ring (bicyclic) bond motifs is 1. The Morgan fingerprint density at radius 1 is 0.870 bits per heavy atom. The summed E-state index contributed by atoms with van der Waals surface area (Å²) in [5.74, 6) is 0.796. The summed E-state index contributed by atoms with van der Waals surface area (Å²) in [5, 5.41) is 14.3. The number of hydrogen-bond acceptors (Lipinski definition) is 4. The third kappa shape index (κ3) is 2.33. The van der Waals surface area contributed by atoms with Crippen molar-refractivity contribution in [2.24, 2.45) is 0 Å². The normalized spacial score (nSPS) is 11.3. The number of nitrogens with zero attached hydrogens (tertiary/aromatic N) is 4. The predicted molar refractivity (Wildman–Crippen MR) is 93.7 cm³/mol. The van der Waals surface area contributed by atoms with E-state index in [4.69, 9.17) is 5.10 Å². The topological polar surface area (TPSA) is 43.1 Å². The molecule has 0 N–H and O–H groups in total. The standard InChI is InChI=1S/C18H16N4S/c1-11-8-9-14(10-13(11)3)17-21-22-16(19-20-18(22)23-17)15-7-5-4-6-12(15)2/h4-10H,1-3H3. The van der Waals surface area contributed by atoms with Crippen LogP contribution in [0.5, 0.6) is 0 Å².